The molecule has 0 aliphatic heterocycles. The molecular formula is C14H18O. The molecule has 0 saturated heterocycles. The van der Waals surface area contributed by atoms with Crippen molar-refractivity contribution < 1.29 is 4.74 Å². The molecule has 1 aliphatic carbocycles. The molecule has 1 nitrogen and oxygen atoms in total. The van der Waals surface area contributed by atoms with E-state index in [4.69, 9.17) is 4.74 Å². The van der Waals surface area contributed by atoms with Gasteiger partial charge in [-0.15, -0.1) is 0 Å². The van der Waals surface area contributed by atoms with Gasteiger partial charge in [0.15, 0.2) is 0 Å². The number of ether oxygens (including phenoxy) is 1. The Bertz CT molecular complexity index is 305. The zero-order chi connectivity index (χ0) is 10.5. The van der Waals surface area contributed by atoms with Crippen LogP contribution in [-0.4, -0.2) is 6.61 Å². The first-order valence-electron chi connectivity index (χ1n) is 5.69. The van der Waals surface area contributed by atoms with Crippen LogP contribution in [0.1, 0.15) is 25.7 Å². The lowest BCUT2D eigenvalue weighted by Gasteiger charge is -2.23. The van der Waals surface area contributed by atoms with E-state index >= 15 is 0 Å². The van der Waals surface area contributed by atoms with Crippen LogP contribution in [0.3, 0.4) is 0 Å². The summed E-state index contributed by atoms with van der Waals surface area (Å²) >= 11 is 0. The van der Waals surface area contributed by atoms with E-state index in [0.29, 0.717) is 0 Å². The van der Waals surface area contributed by atoms with Gasteiger partial charge in [0.25, 0.3) is 0 Å². The highest BCUT2D eigenvalue weighted by Gasteiger charge is 2.15. The predicted molar refractivity (Wildman–Crippen MR) is 63.0 cm³/mol. The molecule has 0 bridgehead atoms. The van der Waals surface area contributed by atoms with Crippen LogP contribution in [-0.2, 0) is 0 Å². The van der Waals surface area contributed by atoms with Gasteiger partial charge in [-0.05, 0) is 43.7 Å². The van der Waals surface area contributed by atoms with Crippen LogP contribution in [0.15, 0.2) is 42.5 Å². The van der Waals surface area contributed by atoms with Gasteiger partial charge in [-0.1, -0.05) is 30.4 Å². The second-order valence-corrected chi connectivity index (χ2v) is 4.32. The minimum Gasteiger partial charge on any atom is -0.493 e. The number of benzene rings is 1. The van der Waals surface area contributed by atoms with Gasteiger partial charge >= 0.3 is 0 Å². The molecule has 0 amide bonds. The van der Waals surface area contributed by atoms with E-state index in [2.05, 4.69) is 6.58 Å². The largest absolute Gasteiger partial charge is 0.493 e. The van der Waals surface area contributed by atoms with Crippen LogP contribution in [0.4, 0.5) is 0 Å². The average molecular weight is 202 g/mol. The maximum atomic E-state index is 5.75. The van der Waals surface area contributed by atoms with Crippen molar-refractivity contribution in [3.8, 4) is 5.75 Å². The quantitative estimate of drug-likeness (QED) is 0.677. The van der Waals surface area contributed by atoms with Gasteiger partial charge in [-0.3, -0.25) is 0 Å². The summed E-state index contributed by atoms with van der Waals surface area (Å²) < 4.78 is 5.75. The lowest BCUT2D eigenvalue weighted by atomic mass is 9.87. The molecule has 0 N–H and O–H groups in total. The van der Waals surface area contributed by atoms with Gasteiger partial charge in [0.05, 0.1) is 6.61 Å². The van der Waals surface area contributed by atoms with E-state index in [0.717, 1.165) is 18.3 Å². The fourth-order valence-corrected chi connectivity index (χ4v) is 1.98. The minimum absolute atomic E-state index is 0.718. The van der Waals surface area contributed by atoms with E-state index in [1.165, 1.54) is 31.3 Å². The summed E-state index contributed by atoms with van der Waals surface area (Å²) in [5, 5.41) is 0. The van der Waals surface area contributed by atoms with Crippen molar-refractivity contribution in [2.75, 3.05) is 6.61 Å². The molecule has 1 saturated carbocycles. The van der Waals surface area contributed by atoms with Gasteiger partial charge in [0, 0.05) is 0 Å². The summed E-state index contributed by atoms with van der Waals surface area (Å²) in [6, 6.07) is 10.1. The molecule has 2 rings (SSSR count). The van der Waals surface area contributed by atoms with Crippen molar-refractivity contribution in [3.63, 3.8) is 0 Å². The third-order valence-corrected chi connectivity index (χ3v) is 3.04. The maximum absolute atomic E-state index is 5.75. The van der Waals surface area contributed by atoms with Gasteiger partial charge in [-0.2, -0.15) is 0 Å². The molecule has 1 aromatic carbocycles. The van der Waals surface area contributed by atoms with E-state index < -0.39 is 0 Å². The summed E-state index contributed by atoms with van der Waals surface area (Å²) in [5.74, 6) is 1.71. The van der Waals surface area contributed by atoms with E-state index in [-0.39, 0.29) is 0 Å². The molecule has 0 unspecified atom stereocenters. The second-order valence-electron chi connectivity index (χ2n) is 4.32. The third-order valence-electron chi connectivity index (χ3n) is 3.04. The van der Waals surface area contributed by atoms with E-state index in [9.17, 15) is 0 Å². The molecule has 0 aromatic heterocycles. The summed E-state index contributed by atoms with van der Waals surface area (Å²) in [6.07, 6.45) is 4.85. The Balaban J connectivity index is 1.77. The number of allylic oxidation sites excluding steroid dienone is 1. The summed E-state index contributed by atoms with van der Waals surface area (Å²) in [4.78, 5) is 0. The van der Waals surface area contributed by atoms with Crippen LogP contribution in [0.2, 0.25) is 0 Å². The molecular weight excluding hydrogens is 184 g/mol. The molecule has 1 fully saturated rings. The van der Waals surface area contributed by atoms with Crippen molar-refractivity contribution in [3.05, 3.63) is 42.5 Å². The number of hydrogen-bond acceptors (Lipinski definition) is 1. The molecule has 1 aromatic rings. The topological polar surface area (TPSA) is 9.23 Å². The summed E-state index contributed by atoms with van der Waals surface area (Å²) in [7, 11) is 0. The lowest BCUT2D eigenvalue weighted by Crippen LogP contribution is -2.16. The predicted octanol–water partition coefficient (Wildman–Crippen LogP) is 3.81. The SMILES string of the molecule is C=C1CCC(COc2ccccc2)CC1. The summed E-state index contributed by atoms with van der Waals surface area (Å²) in [5.41, 5.74) is 1.41. The Morgan fingerprint density at radius 1 is 1.13 bits per heavy atom. The third kappa shape index (κ3) is 3.12. The van der Waals surface area contributed by atoms with Crippen LogP contribution < -0.4 is 4.74 Å². The zero-order valence-electron chi connectivity index (χ0n) is 9.11. The maximum Gasteiger partial charge on any atom is 0.119 e. The van der Waals surface area contributed by atoms with Crippen molar-refractivity contribution in [1.82, 2.24) is 0 Å². The van der Waals surface area contributed by atoms with Crippen molar-refractivity contribution in [2.24, 2.45) is 5.92 Å². The van der Waals surface area contributed by atoms with Crippen molar-refractivity contribution >= 4 is 0 Å². The Labute approximate surface area is 91.8 Å². The lowest BCUT2D eigenvalue weighted by molar-refractivity contribution is 0.222. The smallest absolute Gasteiger partial charge is 0.119 e. The standard InChI is InChI=1S/C14H18O/c1-12-7-9-13(10-8-12)11-15-14-5-3-2-4-6-14/h2-6,13H,1,7-11H2. The number of para-hydroxylation sites is 1. The molecule has 0 atom stereocenters. The fourth-order valence-electron chi connectivity index (χ4n) is 1.98. The Hall–Kier alpha value is -1.24. The minimum atomic E-state index is 0.718. The van der Waals surface area contributed by atoms with Crippen LogP contribution in [0.5, 0.6) is 5.75 Å². The van der Waals surface area contributed by atoms with Crippen LogP contribution in [0, 0.1) is 5.92 Å². The zero-order valence-corrected chi connectivity index (χ0v) is 9.11. The first-order chi connectivity index (χ1) is 7.34. The monoisotopic (exact) mass is 202 g/mol. The number of hydrogen-bond donors (Lipinski definition) is 0. The van der Waals surface area contributed by atoms with Crippen molar-refractivity contribution in [1.29, 1.82) is 0 Å². The second kappa shape index (κ2) is 5.01. The highest BCUT2D eigenvalue weighted by atomic mass is 16.5. The fraction of sp³-hybridized carbons (Fsp3) is 0.429. The van der Waals surface area contributed by atoms with Crippen LogP contribution >= 0.6 is 0 Å². The first kappa shape index (κ1) is 10.3. The molecule has 80 valence electrons. The van der Waals surface area contributed by atoms with E-state index in [1.807, 2.05) is 30.3 Å². The van der Waals surface area contributed by atoms with Gasteiger partial charge in [-0.25, -0.2) is 0 Å². The average Bonchev–Trinajstić information content (AvgIpc) is 2.30. The van der Waals surface area contributed by atoms with Gasteiger partial charge in [0.1, 0.15) is 5.75 Å². The molecule has 1 aliphatic rings. The van der Waals surface area contributed by atoms with Crippen LogP contribution in [0.25, 0.3) is 0 Å². The Kier molecular flexibility index (Phi) is 3.44. The highest BCUT2D eigenvalue weighted by Crippen LogP contribution is 2.27. The molecule has 15 heavy (non-hydrogen) atoms. The normalized spacial score (nSPS) is 17.7. The van der Waals surface area contributed by atoms with Gasteiger partial charge < -0.3 is 4.74 Å². The first-order valence-corrected chi connectivity index (χ1v) is 5.69. The summed E-state index contributed by atoms with van der Waals surface area (Å²) in [6.45, 7) is 4.88. The highest BCUT2D eigenvalue weighted by molar-refractivity contribution is 5.20. The molecule has 1 heteroatoms. The molecule has 0 radical (unpaired) electrons. The van der Waals surface area contributed by atoms with E-state index in [1.54, 1.807) is 0 Å². The molecule has 0 spiro atoms. The van der Waals surface area contributed by atoms with Gasteiger partial charge in [0.2, 0.25) is 0 Å². The molecule has 0 heterocycles. The Morgan fingerprint density at radius 3 is 2.47 bits per heavy atom. The Morgan fingerprint density at radius 2 is 1.80 bits per heavy atom. The number of rotatable bonds is 3. The van der Waals surface area contributed by atoms with Crippen molar-refractivity contribution in [2.45, 2.75) is 25.7 Å².